The molecule has 4 nitrogen and oxygen atoms in total. The van der Waals surface area contributed by atoms with Gasteiger partial charge in [-0.3, -0.25) is 0 Å². The molecule has 1 aliphatic heterocycles. The lowest BCUT2D eigenvalue weighted by Gasteiger charge is -2.15. The molecule has 0 saturated carbocycles. The molecule has 1 aromatic heterocycles. The highest BCUT2D eigenvalue weighted by atomic mass is 79.9. The molecule has 0 radical (unpaired) electrons. The summed E-state index contributed by atoms with van der Waals surface area (Å²) in [4.78, 5) is 0. The fourth-order valence-corrected chi connectivity index (χ4v) is 3.05. The zero-order valence-electron chi connectivity index (χ0n) is 10.4. The minimum absolute atomic E-state index is 0.647. The van der Waals surface area contributed by atoms with Gasteiger partial charge in [-0.25, -0.2) is 0 Å². The van der Waals surface area contributed by atoms with E-state index in [0.29, 0.717) is 11.6 Å². The highest BCUT2D eigenvalue weighted by Gasteiger charge is 2.15. The van der Waals surface area contributed by atoms with Gasteiger partial charge in [0, 0.05) is 17.4 Å². The molecule has 1 aliphatic rings. The van der Waals surface area contributed by atoms with Crippen molar-refractivity contribution >= 4 is 33.2 Å². The zero-order chi connectivity index (χ0) is 13.2. The van der Waals surface area contributed by atoms with E-state index >= 15 is 0 Å². The third kappa shape index (κ3) is 2.77. The minimum Gasteiger partial charge on any atom is -0.377 e. The number of benzene rings is 1. The summed E-state index contributed by atoms with van der Waals surface area (Å²) in [5.41, 5.74) is 0.915. The first-order chi connectivity index (χ1) is 9.24. The lowest BCUT2D eigenvalue weighted by molar-refractivity contribution is 0.510. The normalized spacial score (nSPS) is 14.2. The van der Waals surface area contributed by atoms with Gasteiger partial charge < -0.3 is 9.88 Å². The number of anilines is 1. The van der Waals surface area contributed by atoms with Crippen LogP contribution in [0.25, 0.3) is 0 Å². The standard InChI is InChI=1S/C13H14BrClN4/c14-9-4-5-11(10(15)7-9)16-8-13-18-17-12-3-1-2-6-19(12)13/h4-5,7,16H,1-3,6,8H2. The average Bonchev–Trinajstić information content (AvgIpc) is 2.81. The smallest absolute Gasteiger partial charge is 0.152 e. The van der Waals surface area contributed by atoms with Crippen LogP contribution in [0.5, 0.6) is 0 Å². The van der Waals surface area contributed by atoms with E-state index in [1.54, 1.807) is 0 Å². The maximum atomic E-state index is 6.18. The molecule has 0 unspecified atom stereocenters. The van der Waals surface area contributed by atoms with E-state index in [1.807, 2.05) is 18.2 Å². The predicted molar refractivity (Wildman–Crippen MR) is 79.4 cm³/mol. The molecule has 19 heavy (non-hydrogen) atoms. The lowest BCUT2D eigenvalue weighted by Crippen LogP contribution is -2.15. The number of halogens is 2. The van der Waals surface area contributed by atoms with Crippen molar-refractivity contribution in [1.82, 2.24) is 14.8 Å². The van der Waals surface area contributed by atoms with Crippen LogP contribution in [0, 0.1) is 0 Å². The molecule has 0 aliphatic carbocycles. The summed E-state index contributed by atoms with van der Waals surface area (Å²) in [7, 11) is 0. The van der Waals surface area contributed by atoms with Gasteiger partial charge in [-0.05, 0) is 31.0 Å². The van der Waals surface area contributed by atoms with E-state index in [1.165, 1.54) is 12.8 Å². The molecule has 2 heterocycles. The van der Waals surface area contributed by atoms with Crippen LogP contribution in [0.4, 0.5) is 5.69 Å². The van der Waals surface area contributed by atoms with Crippen molar-refractivity contribution in [2.75, 3.05) is 5.32 Å². The van der Waals surface area contributed by atoms with Crippen LogP contribution < -0.4 is 5.32 Å². The molecule has 6 heteroatoms. The summed E-state index contributed by atoms with van der Waals surface area (Å²) >= 11 is 9.57. The fraction of sp³-hybridized carbons (Fsp3) is 0.385. The lowest BCUT2D eigenvalue weighted by atomic mass is 10.2. The van der Waals surface area contributed by atoms with Crippen LogP contribution in [0.3, 0.4) is 0 Å². The Hall–Kier alpha value is -1.07. The Labute approximate surface area is 125 Å². The molecule has 100 valence electrons. The summed E-state index contributed by atoms with van der Waals surface area (Å²) in [6, 6.07) is 5.80. The van der Waals surface area contributed by atoms with Gasteiger partial charge in [0.1, 0.15) is 5.82 Å². The number of aryl methyl sites for hydroxylation is 1. The first-order valence-corrected chi connectivity index (χ1v) is 7.51. The monoisotopic (exact) mass is 340 g/mol. The SMILES string of the molecule is Clc1cc(Br)ccc1NCc1nnc2n1CCCC2. The van der Waals surface area contributed by atoms with Crippen LogP contribution in [-0.4, -0.2) is 14.8 Å². The molecule has 3 rings (SSSR count). The average molecular weight is 342 g/mol. The summed E-state index contributed by atoms with van der Waals surface area (Å²) in [6.45, 7) is 1.67. The van der Waals surface area contributed by atoms with Gasteiger partial charge >= 0.3 is 0 Å². The van der Waals surface area contributed by atoms with Crippen molar-refractivity contribution < 1.29 is 0 Å². The van der Waals surface area contributed by atoms with Crippen molar-refractivity contribution in [3.05, 3.63) is 39.3 Å². The molecule has 0 saturated heterocycles. The van der Waals surface area contributed by atoms with E-state index in [0.717, 1.165) is 34.8 Å². The van der Waals surface area contributed by atoms with Crippen LogP contribution in [0.1, 0.15) is 24.5 Å². The molecule has 2 aromatic rings. The second-order valence-electron chi connectivity index (χ2n) is 4.62. The molecule has 0 amide bonds. The molecule has 0 bridgehead atoms. The molecular weight excluding hydrogens is 328 g/mol. The van der Waals surface area contributed by atoms with Crippen LogP contribution in [0.2, 0.25) is 5.02 Å². The second-order valence-corrected chi connectivity index (χ2v) is 5.94. The largest absolute Gasteiger partial charge is 0.377 e. The summed E-state index contributed by atoms with van der Waals surface area (Å²) in [5.74, 6) is 2.08. The van der Waals surface area contributed by atoms with Gasteiger partial charge in [-0.15, -0.1) is 10.2 Å². The quantitative estimate of drug-likeness (QED) is 0.927. The number of fused-ring (bicyclic) bond motifs is 1. The van der Waals surface area contributed by atoms with Gasteiger partial charge in [-0.1, -0.05) is 27.5 Å². The highest BCUT2D eigenvalue weighted by molar-refractivity contribution is 9.10. The van der Waals surface area contributed by atoms with Gasteiger partial charge in [0.25, 0.3) is 0 Å². The summed E-state index contributed by atoms with van der Waals surface area (Å²) < 4.78 is 3.19. The van der Waals surface area contributed by atoms with Crippen LogP contribution >= 0.6 is 27.5 Å². The number of aromatic nitrogens is 3. The van der Waals surface area contributed by atoms with Crippen LogP contribution in [-0.2, 0) is 19.5 Å². The van der Waals surface area contributed by atoms with Crippen LogP contribution in [0.15, 0.2) is 22.7 Å². The van der Waals surface area contributed by atoms with E-state index in [4.69, 9.17) is 11.6 Å². The predicted octanol–water partition coefficient (Wildman–Crippen LogP) is 3.64. The number of rotatable bonds is 3. The Morgan fingerprint density at radius 2 is 2.21 bits per heavy atom. The number of hydrogen-bond acceptors (Lipinski definition) is 3. The molecule has 1 aromatic carbocycles. The first-order valence-electron chi connectivity index (χ1n) is 6.34. The topological polar surface area (TPSA) is 42.7 Å². The fourth-order valence-electron chi connectivity index (χ4n) is 2.31. The highest BCUT2D eigenvalue weighted by Crippen LogP contribution is 2.26. The van der Waals surface area contributed by atoms with E-state index in [-0.39, 0.29) is 0 Å². The molecular formula is C13H14BrClN4. The zero-order valence-corrected chi connectivity index (χ0v) is 12.7. The van der Waals surface area contributed by atoms with E-state index in [2.05, 4.69) is 36.0 Å². The maximum absolute atomic E-state index is 6.18. The summed E-state index contributed by atoms with van der Waals surface area (Å²) in [6.07, 6.45) is 3.45. The van der Waals surface area contributed by atoms with Gasteiger partial charge in [-0.2, -0.15) is 0 Å². The van der Waals surface area contributed by atoms with Gasteiger partial charge in [0.15, 0.2) is 5.82 Å². The first kappa shape index (κ1) is 12.9. The van der Waals surface area contributed by atoms with Gasteiger partial charge in [0.2, 0.25) is 0 Å². The Bertz CT molecular complexity index is 596. The third-order valence-electron chi connectivity index (χ3n) is 3.30. The molecule has 0 atom stereocenters. The van der Waals surface area contributed by atoms with Crippen molar-refractivity contribution in [3.8, 4) is 0 Å². The maximum Gasteiger partial charge on any atom is 0.152 e. The van der Waals surface area contributed by atoms with E-state index < -0.39 is 0 Å². The van der Waals surface area contributed by atoms with Crippen molar-refractivity contribution in [2.24, 2.45) is 0 Å². The van der Waals surface area contributed by atoms with Crippen molar-refractivity contribution in [2.45, 2.75) is 32.4 Å². The minimum atomic E-state index is 0.647. The number of nitrogens with zero attached hydrogens (tertiary/aromatic N) is 3. The molecule has 1 N–H and O–H groups in total. The number of hydrogen-bond donors (Lipinski definition) is 1. The Morgan fingerprint density at radius 1 is 1.32 bits per heavy atom. The number of nitrogens with one attached hydrogen (secondary N) is 1. The van der Waals surface area contributed by atoms with Gasteiger partial charge in [0.05, 0.1) is 17.3 Å². The Balaban J connectivity index is 1.74. The second kappa shape index (κ2) is 5.51. The van der Waals surface area contributed by atoms with E-state index in [9.17, 15) is 0 Å². The third-order valence-corrected chi connectivity index (χ3v) is 4.11. The Morgan fingerprint density at radius 3 is 3.05 bits per heavy atom. The molecule has 0 spiro atoms. The molecule has 0 fully saturated rings. The van der Waals surface area contributed by atoms with Crippen molar-refractivity contribution in [1.29, 1.82) is 0 Å². The Kier molecular flexibility index (Phi) is 3.75. The summed E-state index contributed by atoms with van der Waals surface area (Å²) in [5, 5.41) is 12.5. The van der Waals surface area contributed by atoms with Crippen molar-refractivity contribution in [3.63, 3.8) is 0 Å².